The Bertz CT molecular complexity index is 675. The third kappa shape index (κ3) is 4.14. The molecule has 1 aromatic carbocycles. The van der Waals surface area contributed by atoms with Gasteiger partial charge in [0.1, 0.15) is 0 Å². The molecule has 0 saturated carbocycles. The zero-order valence-electron chi connectivity index (χ0n) is 12.8. The van der Waals surface area contributed by atoms with Crippen LogP contribution >= 0.6 is 11.3 Å². The molecule has 2 rings (SSSR count). The SMILES string of the molecule is COC(=O)c1cccc(NC(=O)CCc2nc(C)c(C)s2)c1. The van der Waals surface area contributed by atoms with Crippen molar-refractivity contribution < 1.29 is 14.3 Å². The standard InChI is InChI=1S/C16H18N2O3S/c1-10-11(2)22-15(17-10)8-7-14(19)18-13-6-4-5-12(9-13)16(20)21-3/h4-6,9H,7-8H2,1-3H3,(H,18,19). The summed E-state index contributed by atoms with van der Waals surface area (Å²) >= 11 is 1.62. The molecule has 0 aliphatic carbocycles. The Morgan fingerprint density at radius 1 is 1.32 bits per heavy atom. The molecule has 0 unspecified atom stereocenters. The van der Waals surface area contributed by atoms with Crippen LogP contribution in [0.3, 0.4) is 0 Å². The number of anilines is 1. The molecule has 0 bridgehead atoms. The molecule has 116 valence electrons. The molecule has 22 heavy (non-hydrogen) atoms. The van der Waals surface area contributed by atoms with E-state index in [1.54, 1.807) is 35.6 Å². The Balaban J connectivity index is 1.93. The zero-order chi connectivity index (χ0) is 16.1. The number of nitrogens with zero attached hydrogens (tertiary/aromatic N) is 1. The highest BCUT2D eigenvalue weighted by molar-refractivity contribution is 7.11. The van der Waals surface area contributed by atoms with Crippen LogP contribution in [-0.2, 0) is 16.0 Å². The summed E-state index contributed by atoms with van der Waals surface area (Å²) in [4.78, 5) is 29.0. The molecular weight excluding hydrogens is 300 g/mol. The van der Waals surface area contributed by atoms with Crippen molar-refractivity contribution in [1.82, 2.24) is 4.98 Å². The van der Waals surface area contributed by atoms with Crippen LogP contribution in [-0.4, -0.2) is 24.0 Å². The third-order valence-electron chi connectivity index (χ3n) is 3.21. The average Bonchev–Trinajstić information content (AvgIpc) is 2.83. The van der Waals surface area contributed by atoms with E-state index in [1.807, 2.05) is 13.8 Å². The normalized spacial score (nSPS) is 10.3. The van der Waals surface area contributed by atoms with Crippen molar-refractivity contribution >= 4 is 28.9 Å². The van der Waals surface area contributed by atoms with Crippen molar-refractivity contribution in [2.45, 2.75) is 26.7 Å². The van der Waals surface area contributed by atoms with E-state index >= 15 is 0 Å². The smallest absolute Gasteiger partial charge is 0.337 e. The number of rotatable bonds is 5. The molecule has 1 N–H and O–H groups in total. The van der Waals surface area contributed by atoms with Gasteiger partial charge in [-0.1, -0.05) is 6.07 Å². The molecule has 0 atom stereocenters. The van der Waals surface area contributed by atoms with Gasteiger partial charge in [-0.05, 0) is 32.0 Å². The summed E-state index contributed by atoms with van der Waals surface area (Å²) in [7, 11) is 1.32. The lowest BCUT2D eigenvalue weighted by molar-refractivity contribution is -0.116. The Labute approximate surface area is 133 Å². The van der Waals surface area contributed by atoms with E-state index in [4.69, 9.17) is 0 Å². The van der Waals surface area contributed by atoms with Crippen LogP contribution in [0.1, 0.15) is 32.4 Å². The number of carbonyl (C=O) groups is 2. The van der Waals surface area contributed by atoms with Gasteiger partial charge in [-0.2, -0.15) is 0 Å². The second-order valence-corrected chi connectivity index (χ2v) is 6.16. The number of carbonyl (C=O) groups excluding carboxylic acids is 2. The number of aromatic nitrogens is 1. The summed E-state index contributed by atoms with van der Waals surface area (Å²) in [5.74, 6) is -0.530. The largest absolute Gasteiger partial charge is 0.465 e. The molecule has 1 amide bonds. The number of hydrogen-bond donors (Lipinski definition) is 1. The first-order chi connectivity index (χ1) is 10.5. The summed E-state index contributed by atoms with van der Waals surface area (Å²) in [6.07, 6.45) is 0.969. The third-order valence-corrected chi connectivity index (χ3v) is 4.34. The fourth-order valence-electron chi connectivity index (χ4n) is 1.93. The van der Waals surface area contributed by atoms with E-state index in [-0.39, 0.29) is 5.91 Å². The highest BCUT2D eigenvalue weighted by atomic mass is 32.1. The fourth-order valence-corrected chi connectivity index (χ4v) is 2.87. The van der Waals surface area contributed by atoms with Crippen LogP contribution in [0.4, 0.5) is 5.69 Å². The summed E-state index contributed by atoms with van der Waals surface area (Å²) in [6.45, 7) is 3.99. The lowest BCUT2D eigenvalue weighted by atomic mass is 10.2. The minimum atomic E-state index is -0.426. The van der Waals surface area contributed by atoms with Crippen LogP contribution < -0.4 is 5.32 Å². The minimum Gasteiger partial charge on any atom is -0.465 e. The summed E-state index contributed by atoms with van der Waals surface area (Å²) in [6, 6.07) is 6.68. The van der Waals surface area contributed by atoms with Gasteiger partial charge in [0.05, 0.1) is 23.4 Å². The van der Waals surface area contributed by atoms with Crippen molar-refractivity contribution in [1.29, 1.82) is 0 Å². The zero-order valence-corrected chi connectivity index (χ0v) is 13.6. The number of esters is 1. The van der Waals surface area contributed by atoms with Gasteiger partial charge >= 0.3 is 5.97 Å². The van der Waals surface area contributed by atoms with Crippen LogP contribution in [0.5, 0.6) is 0 Å². The number of aryl methyl sites for hydroxylation is 3. The van der Waals surface area contributed by atoms with E-state index in [0.29, 0.717) is 24.1 Å². The van der Waals surface area contributed by atoms with Gasteiger partial charge in [0.25, 0.3) is 0 Å². The van der Waals surface area contributed by atoms with Crippen molar-refractivity contribution in [3.05, 3.63) is 45.4 Å². The molecule has 0 aliphatic heterocycles. The number of methoxy groups -OCH3 is 1. The van der Waals surface area contributed by atoms with Gasteiger partial charge in [-0.3, -0.25) is 4.79 Å². The first-order valence-electron chi connectivity index (χ1n) is 6.90. The van der Waals surface area contributed by atoms with E-state index in [2.05, 4.69) is 15.0 Å². The maximum absolute atomic E-state index is 12.0. The molecule has 0 saturated heterocycles. The molecule has 1 heterocycles. The monoisotopic (exact) mass is 318 g/mol. The predicted molar refractivity (Wildman–Crippen MR) is 86.3 cm³/mol. The van der Waals surface area contributed by atoms with Gasteiger partial charge < -0.3 is 10.1 Å². The van der Waals surface area contributed by atoms with E-state index in [0.717, 1.165) is 10.7 Å². The predicted octanol–water partition coefficient (Wildman–Crippen LogP) is 3.12. The van der Waals surface area contributed by atoms with Crippen molar-refractivity contribution in [2.24, 2.45) is 0 Å². The van der Waals surface area contributed by atoms with E-state index < -0.39 is 5.97 Å². The number of ether oxygens (including phenoxy) is 1. The van der Waals surface area contributed by atoms with Gasteiger partial charge in [0.15, 0.2) is 0 Å². The molecule has 5 nitrogen and oxygen atoms in total. The highest BCUT2D eigenvalue weighted by Crippen LogP contribution is 2.18. The van der Waals surface area contributed by atoms with Crippen molar-refractivity contribution in [2.75, 3.05) is 12.4 Å². The number of amides is 1. The lowest BCUT2D eigenvalue weighted by Gasteiger charge is -2.06. The number of benzene rings is 1. The Morgan fingerprint density at radius 3 is 2.73 bits per heavy atom. The molecule has 0 fully saturated rings. The second kappa shape index (κ2) is 7.17. The van der Waals surface area contributed by atoms with Crippen LogP contribution in [0.25, 0.3) is 0 Å². The van der Waals surface area contributed by atoms with E-state index in [1.165, 1.54) is 12.0 Å². The molecule has 2 aromatic rings. The van der Waals surface area contributed by atoms with Crippen LogP contribution in [0.2, 0.25) is 0 Å². The molecular formula is C16H18N2O3S. The first-order valence-corrected chi connectivity index (χ1v) is 7.72. The number of nitrogens with one attached hydrogen (secondary N) is 1. The molecule has 0 spiro atoms. The van der Waals surface area contributed by atoms with Crippen LogP contribution in [0, 0.1) is 13.8 Å². The van der Waals surface area contributed by atoms with Crippen molar-refractivity contribution in [3.8, 4) is 0 Å². The van der Waals surface area contributed by atoms with Crippen LogP contribution in [0.15, 0.2) is 24.3 Å². The summed E-state index contributed by atoms with van der Waals surface area (Å²) in [5, 5.41) is 3.75. The summed E-state index contributed by atoms with van der Waals surface area (Å²) in [5.41, 5.74) is 2.01. The van der Waals surface area contributed by atoms with E-state index in [9.17, 15) is 9.59 Å². The topological polar surface area (TPSA) is 68.3 Å². The Kier molecular flexibility index (Phi) is 5.27. The maximum atomic E-state index is 12.0. The quantitative estimate of drug-likeness (QED) is 0.860. The van der Waals surface area contributed by atoms with Gasteiger partial charge in [-0.15, -0.1) is 11.3 Å². The Hall–Kier alpha value is -2.21. The molecule has 0 aliphatic rings. The fraction of sp³-hybridized carbons (Fsp3) is 0.312. The number of thiazole rings is 1. The highest BCUT2D eigenvalue weighted by Gasteiger charge is 2.09. The van der Waals surface area contributed by atoms with Gasteiger partial charge in [0.2, 0.25) is 5.91 Å². The maximum Gasteiger partial charge on any atom is 0.337 e. The molecule has 6 heteroatoms. The van der Waals surface area contributed by atoms with Crippen molar-refractivity contribution in [3.63, 3.8) is 0 Å². The molecule has 0 radical (unpaired) electrons. The average molecular weight is 318 g/mol. The Morgan fingerprint density at radius 2 is 2.09 bits per heavy atom. The second-order valence-electron chi connectivity index (χ2n) is 4.87. The first kappa shape index (κ1) is 16.2. The lowest BCUT2D eigenvalue weighted by Crippen LogP contribution is -2.13. The molecule has 1 aromatic heterocycles. The summed E-state index contributed by atoms with van der Waals surface area (Å²) < 4.78 is 4.66. The van der Waals surface area contributed by atoms with Gasteiger partial charge in [-0.25, -0.2) is 9.78 Å². The van der Waals surface area contributed by atoms with Gasteiger partial charge in [0, 0.05) is 23.4 Å². The number of hydrogen-bond acceptors (Lipinski definition) is 5. The minimum absolute atomic E-state index is 0.104.